The van der Waals surface area contributed by atoms with Gasteiger partial charge < -0.3 is 14.2 Å². The number of allylic oxidation sites excluding steroid dienone is 14. The fourth-order valence-corrected chi connectivity index (χ4v) is 10.2. The van der Waals surface area contributed by atoms with Crippen molar-refractivity contribution in [2.24, 2.45) is 0 Å². The zero-order chi connectivity index (χ0) is 58.5. The molecule has 0 heterocycles. The first-order chi connectivity index (χ1) is 40.0. The van der Waals surface area contributed by atoms with Gasteiger partial charge >= 0.3 is 17.9 Å². The highest BCUT2D eigenvalue weighted by Crippen LogP contribution is 2.18. The molecule has 0 aliphatic rings. The van der Waals surface area contributed by atoms with Gasteiger partial charge in [0.15, 0.2) is 6.10 Å². The van der Waals surface area contributed by atoms with E-state index in [4.69, 9.17) is 14.2 Å². The Labute approximate surface area is 503 Å². The lowest BCUT2D eigenvalue weighted by Crippen LogP contribution is -2.30. The third kappa shape index (κ3) is 67.3. The molecule has 0 aromatic carbocycles. The third-order valence-corrected chi connectivity index (χ3v) is 15.4. The minimum Gasteiger partial charge on any atom is -0.462 e. The fraction of sp³-hybridized carbons (Fsp3) is 0.773. The van der Waals surface area contributed by atoms with Crippen molar-refractivity contribution in [2.45, 2.75) is 361 Å². The molecule has 0 saturated carbocycles. The summed E-state index contributed by atoms with van der Waals surface area (Å²) in [6.07, 6.45) is 92.0. The Morgan fingerprint density at radius 3 is 0.815 bits per heavy atom. The molecular weight excluding hydrogens is 997 g/mol. The molecular formula is C75H132O6. The summed E-state index contributed by atoms with van der Waals surface area (Å²) >= 11 is 0. The Morgan fingerprint density at radius 2 is 0.494 bits per heavy atom. The van der Waals surface area contributed by atoms with Crippen LogP contribution < -0.4 is 0 Å². The number of esters is 3. The molecule has 0 spiro atoms. The van der Waals surface area contributed by atoms with E-state index < -0.39 is 6.10 Å². The first-order valence-corrected chi connectivity index (χ1v) is 35.1. The summed E-state index contributed by atoms with van der Waals surface area (Å²) in [5.74, 6) is -0.947. The topological polar surface area (TPSA) is 78.9 Å². The summed E-state index contributed by atoms with van der Waals surface area (Å²) in [7, 11) is 0. The van der Waals surface area contributed by atoms with Crippen molar-refractivity contribution in [2.75, 3.05) is 13.2 Å². The Kier molecular flexibility index (Phi) is 66.2. The highest BCUT2D eigenvalue weighted by molar-refractivity contribution is 5.71. The summed E-state index contributed by atoms with van der Waals surface area (Å²) in [5.41, 5.74) is 0. The van der Waals surface area contributed by atoms with Crippen LogP contribution in [0.5, 0.6) is 0 Å². The number of ether oxygens (including phenoxy) is 3. The normalized spacial score (nSPS) is 12.6. The van der Waals surface area contributed by atoms with E-state index in [1.165, 1.54) is 218 Å². The molecule has 0 bridgehead atoms. The van der Waals surface area contributed by atoms with Gasteiger partial charge in [-0.15, -0.1) is 0 Å². The number of carbonyl (C=O) groups is 3. The van der Waals surface area contributed by atoms with Gasteiger partial charge in [0.2, 0.25) is 0 Å². The van der Waals surface area contributed by atoms with Gasteiger partial charge in [0, 0.05) is 19.3 Å². The fourth-order valence-electron chi connectivity index (χ4n) is 10.2. The molecule has 0 radical (unpaired) electrons. The van der Waals surface area contributed by atoms with E-state index in [0.29, 0.717) is 19.3 Å². The van der Waals surface area contributed by atoms with Gasteiger partial charge in [-0.05, 0) is 89.9 Å². The molecule has 0 aromatic rings. The summed E-state index contributed by atoms with van der Waals surface area (Å²) in [5, 5.41) is 0. The van der Waals surface area contributed by atoms with Gasteiger partial charge in [-0.1, -0.05) is 331 Å². The maximum atomic E-state index is 12.9. The highest BCUT2D eigenvalue weighted by atomic mass is 16.6. The Morgan fingerprint density at radius 1 is 0.259 bits per heavy atom. The number of unbranched alkanes of at least 4 members (excludes halogenated alkanes) is 39. The van der Waals surface area contributed by atoms with Gasteiger partial charge in [0.25, 0.3) is 0 Å². The molecule has 6 nitrogen and oxygen atoms in total. The van der Waals surface area contributed by atoms with Crippen LogP contribution in [0.25, 0.3) is 0 Å². The summed E-state index contributed by atoms with van der Waals surface area (Å²) in [6, 6.07) is 0. The molecule has 0 aliphatic carbocycles. The van der Waals surface area contributed by atoms with Crippen LogP contribution in [0, 0.1) is 0 Å². The summed E-state index contributed by atoms with van der Waals surface area (Å²) in [4.78, 5) is 38.4. The van der Waals surface area contributed by atoms with Crippen LogP contribution in [0.2, 0.25) is 0 Å². The monoisotopic (exact) mass is 1130 g/mol. The average Bonchev–Trinajstić information content (AvgIpc) is 3.47. The van der Waals surface area contributed by atoms with Crippen LogP contribution in [0.15, 0.2) is 85.1 Å². The van der Waals surface area contributed by atoms with Gasteiger partial charge in [-0.2, -0.15) is 0 Å². The van der Waals surface area contributed by atoms with E-state index in [-0.39, 0.29) is 37.5 Å². The van der Waals surface area contributed by atoms with Gasteiger partial charge in [0.05, 0.1) is 0 Å². The maximum absolute atomic E-state index is 12.9. The lowest BCUT2D eigenvalue weighted by Gasteiger charge is -2.18. The predicted octanol–water partition coefficient (Wildman–Crippen LogP) is 24.2. The van der Waals surface area contributed by atoms with Crippen molar-refractivity contribution >= 4 is 17.9 Å². The minimum absolute atomic E-state index is 0.0948. The zero-order valence-electron chi connectivity index (χ0n) is 53.8. The van der Waals surface area contributed by atoms with E-state index in [1.54, 1.807) is 0 Å². The molecule has 1 unspecified atom stereocenters. The average molecular weight is 1130 g/mol. The number of hydrogen-bond donors (Lipinski definition) is 0. The Bertz CT molecular complexity index is 1530. The summed E-state index contributed by atoms with van der Waals surface area (Å²) < 4.78 is 16.9. The lowest BCUT2D eigenvalue weighted by molar-refractivity contribution is -0.167. The Hall–Kier alpha value is -3.41. The van der Waals surface area contributed by atoms with Crippen LogP contribution >= 0.6 is 0 Å². The molecule has 0 saturated heterocycles. The minimum atomic E-state index is -0.805. The van der Waals surface area contributed by atoms with Crippen LogP contribution in [0.4, 0.5) is 0 Å². The first-order valence-electron chi connectivity index (χ1n) is 35.1. The molecule has 81 heavy (non-hydrogen) atoms. The zero-order valence-corrected chi connectivity index (χ0v) is 53.8. The smallest absolute Gasteiger partial charge is 0.306 e. The second-order valence-corrected chi connectivity index (χ2v) is 23.4. The van der Waals surface area contributed by atoms with Crippen LogP contribution in [-0.4, -0.2) is 37.2 Å². The van der Waals surface area contributed by atoms with Gasteiger partial charge in [0.1, 0.15) is 13.2 Å². The van der Waals surface area contributed by atoms with E-state index in [1.807, 2.05) is 0 Å². The van der Waals surface area contributed by atoms with Crippen LogP contribution in [0.1, 0.15) is 355 Å². The molecule has 0 amide bonds. The van der Waals surface area contributed by atoms with Crippen molar-refractivity contribution in [1.82, 2.24) is 0 Å². The summed E-state index contributed by atoms with van der Waals surface area (Å²) in [6.45, 7) is 6.51. The van der Waals surface area contributed by atoms with Crippen LogP contribution in [0.3, 0.4) is 0 Å². The number of hydrogen-bond acceptors (Lipinski definition) is 6. The molecule has 6 heteroatoms. The lowest BCUT2D eigenvalue weighted by atomic mass is 10.0. The first kappa shape index (κ1) is 77.6. The quantitative estimate of drug-likeness (QED) is 0.0261. The Balaban J connectivity index is 4.32. The molecule has 0 fully saturated rings. The second-order valence-electron chi connectivity index (χ2n) is 23.4. The van der Waals surface area contributed by atoms with Crippen molar-refractivity contribution in [1.29, 1.82) is 0 Å². The molecule has 468 valence electrons. The van der Waals surface area contributed by atoms with E-state index in [2.05, 4.69) is 106 Å². The van der Waals surface area contributed by atoms with E-state index >= 15 is 0 Å². The third-order valence-electron chi connectivity index (χ3n) is 15.4. The van der Waals surface area contributed by atoms with Gasteiger partial charge in [-0.25, -0.2) is 0 Å². The number of rotatable bonds is 64. The van der Waals surface area contributed by atoms with Crippen molar-refractivity contribution in [3.05, 3.63) is 85.1 Å². The maximum Gasteiger partial charge on any atom is 0.306 e. The molecule has 0 aromatic heterocycles. The van der Waals surface area contributed by atoms with Crippen LogP contribution in [-0.2, 0) is 28.6 Å². The molecule has 1 atom stereocenters. The van der Waals surface area contributed by atoms with Gasteiger partial charge in [-0.3, -0.25) is 14.4 Å². The SMILES string of the molecule is CC/C=C\C/C=C\C/C=C\C/C=C\C/C=C\CCCC(=O)OCC(COC(=O)CCCCCCCCCCCCCCCCCCCCCCCCCCCCCC)OC(=O)CCCCCCCCC/C=C\C/C=C\CCCCCC. The van der Waals surface area contributed by atoms with E-state index in [0.717, 1.165) is 89.9 Å². The van der Waals surface area contributed by atoms with Crippen molar-refractivity contribution in [3.8, 4) is 0 Å². The molecule has 0 rings (SSSR count). The standard InChI is InChI=1S/C75H132O6/c1-4-7-10-13-16-19-22-25-28-31-33-34-35-36-37-38-39-40-41-42-45-47-50-53-56-59-62-65-68-74(77)80-71-72(70-79-73(76)67-64-61-58-55-52-49-46-43-30-27-24-21-18-15-12-9-6-3)81-75(78)69-66-63-60-57-54-51-48-44-32-29-26-23-20-17-14-11-8-5-2/h9,12,18,20-21,23,27,29-30,32,46,49,55,58,72H,4-8,10-11,13-17,19,22,24-26,28,31,33-45,47-48,50-54,56-57,59-71H2,1-3H3/b12-9-,21-18-,23-20-,30-27-,32-29-,49-46-,58-55-. The number of carbonyl (C=O) groups excluding carboxylic acids is 3. The van der Waals surface area contributed by atoms with E-state index in [9.17, 15) is 14.4 Å². The predicted molar refractivity (Wildman–Crippen MR) is 353 cm³/mol. The second kappa shape index (κ2) is 69.1. The largest absolute Gasteiger partial charge is 0.462 e. The molecule has 0 aliphatic heterocycles. The molecule has 0 N–H and O–H groups in total. The van der Waals surface area contributed by atoms with Crippen molar-refractivity contribution < 1.29 is 28.6 Å². The highest BCUT2D eigenvalue weighted by Gasteiger charge is 2.19. The van der Waals surface area contributed by atoms with Crippen molar-refractivity contribution in [3.63, 3.8) is 0 Å².